The molecule has 0 heterocycles. The molecular weight excluding hydrogens is 230 g/mol. The largest absolute Gasteiger partial charge is 0.490 e. The molecule has 92 valence electrons. The molecule has 0 unspecified atom stereocenters. The van der Waals surface area contributed by atoms with E-state index in [1.165, 1.54) is 13.0 Å². The van der Waals surface area contributed by atoms with Crippen molar-refractivity contribution in [3.8, 4) is 5.75 Å². The molecule has 1 rings (SSSR count). The maximum Gasteiger partial charge on any atom is 0.333 e. The molecule has 0 saturated heterocycles. The zero-order valence-corrected chi connectivity index (χ0v) is 9.33. The van der Waals surface area contributed by atoms with Crippen LogP contribution in [0, 0.1) is 11.6 Å². The predicted molar refractivity (Wildman–Crippen MR) is 57.6 cm³/mol. The van der Waals surface area contributed by atoms with Crippen LogP contribution in [0.2, 0.25) is 0 Å². The van der Waals surface area contributed by atoms with Crippen molar-refractivity contribution in [2.75, 3.05) is 13.2 Å². The van der Waals surface area contributed by atoms with Crippen molar-refractivity contribution < 1.29 is 23.0 Å². The van der Waals surface area contributed by atoms with Crippen LogP contribution in [-0.2, 0) is 9.53 Å². The Morgan fingerprint density at radius 2 is 2.00 bits per heavy atom. The zero-order chi connectivity index (χ0) is 12.8. The zero-order valence-electron chi connectivity index (χ0n) is 9.33. The van der Waals surface area contributed by atoms with Crippen LogP contribution in [0.25, 0.3) is 0 Å². The standard InChI is InChI=1S/C12H12F2O3/c1-8(2)12(15)17-6-5-16-9-3-4-10(13)11(14)7-9/h3-4,7H,1,5-6H2,2H3. The topological polar surface area (TPSA) is 35.5 Å². The Balaban J connectivity index is 2.34. The minimum atomic E-state index is -0.985. The van der Waals surface area contributed by atoms with Crippen molar-refractivity contribution in [3.63, 3.8) is 0 Å². The average molecular weight is 242 g/mol. The lowest BCUT2D eigenvalue weighted by atomic mass is 10.3. The molecule has 0 radical (unpaired) electrons. The maximum absolute atomic E-state index is 12.8. The number of esters is 1. The Labute approximate surface area is 97.7 Å². The number of carbonyl (C=O) groups is 1. The Hall–Kier alpha value is -1.91. The molecule has 1 aromatic carbocycles. The van der Waals surface area contributed by atoms with Crippen molar-refractivity contribution >= 4 is 5.97 Å². The summed E-state index contributed by atoms with van der Waals surface area (Å²) in [4.78, 5) is 11.0. The van der Waals surface area contributed by atoms with Crippen LogP contribution in [0.4, 0.5) is 8.78 Å². The van der Waals surface area contributed by atoms with Crippen molar-refractivity contribution in [2.45, 2.75) is 6.92 Å². The third-order valence-electron chi connectivity index (χ3n) is 1.82. The fourth-order valence-corrected chi connectivity index (χ4v) is 0.984. The number of hydrogen-bond acceptors (Lipinski definition) is 3. The van der Waals surface area contributed by atoms with Gasteiger partial charge in [0, 0.05) is 11.6 Å². The summed E-state index contributed by atoms with van der Waals surface area (Å²) in [6.45, 7) is 5.01. The monoisotopic (exact) mass is 242 g/mol. The molecule has 0 fully saturated rings. The van der Waals surface area contributed by atoms with E-state index >= 15 is 0 Å². The van der Waals surface area contributed by atoms with Crippen molar-refractivity contribution in [3.05, 3.63) is 42.0 Å². The van der Waals surface area contributed by atoms with Gasteiger partial charge in [-0.05, 0) is 19.1 Å². The van der Waals surface area contributed by atoms with E-state index in [1.807, 2.05) is 0 Å². The molecule has 0 amide bonds. The molecule has 5 heteroatoms. The first-order valence-electron chi connectivity index (χ1n) is 4.91. The lowest BCUT2D eigenvalue weighted by Crippen LogP contribution is -2.12. The molecule has 0 aromatic heterocycles. The van der Waals surface area contributed by atoms with E-state index < -0.39 is 17.6 Å². The number of ether oxygens (including phenoxy) is 2. The van der Waals surface area contributed by atoms with Gasteiger partial charge in [0.05, 0.1) is 0 Å². The number of benzene rings is 1. The van der Waals surface area contributed by atoms with Gasteiger partial charge in [-0.1, -0.05) is 6.58 Å². The highest BCUT2D eigenvalue weighted by Crippen LogP contribution is 2.15. The highest BCUT2D eigenvalue weighted by molar-refractivity contribution is 5.86. The van der Waals surface area contributed by atoms with Gasteiger partial charge in [0.2, 0.25) is 0 Å². The second-order valence-electron chi connectivity index (χ2n) is 3.34. The summed E-state index contributed by atoms with van der Waals surface area (Å²) in [5.74, 6) is -2.26. The number of hydrogen-bond donors (Lipinski definition) is 0. The lowest BCUT2D eigenvalue weighted by molar-refractivity contribution is -0.139. The van der Waals surface area contributed by atoms with E-state index in [2.05, 4.69) is 6.58 Å². The van der Waals surface area contributed by atoms with Crippen LogP contribution in [0.1, 0.15) is 6.92 Å². The van der Waals surface area contributed by atoms with Gasteiger partial charge in [-0.25, -0.2) is 13.6 Å². The van der Waals surface area contributed by atoms with Gasteiger partial charge in [-0.15, -0.1) is 0 Å². The Bertz CT molecular complexity index is 430. The first kappa shape index (κ1) is 13.2. The highest BCUT2D eigenvalue weighted by atomic mass is 19.2. The molecule has 0 aliphatic heterocycles. The molecule has 0 spiro atoms. The molecule has 17 heavy (non-hydrogen) atoms. The van der Waals surface area contributed by atoms with Gasteiger partial charge in [0.1, 0.15) is 19.0 Å². The lowest BCUT2D eigenvalue weighted by Gasteiger charge is -2.07. The molecule has 0 N–H and O–H groups in total. The van der Waals surface area contributed by atoms with Crippen LogP contribution in [-0.4, -0.2) is 19.2 Å². The van der Waals surface area contributed by atoms with Gasteiger partial charge in [0.25, 0.3) is 0 Å². The average Bonchev–Trinajstić information content (AvgIpc) is 2.28. The van der Waals surface area contributed by atoms with Crippen molar-refractivity contribution in [1.82, 2.24) is 0 Å². The Morgan fingerprint density at radius 1 is 1.29 bits per heavy atom. The van der Waals surface area contributed by atoms with Crippen LogP contribution >= 0.6 is 0 Å². The number of carbonyl (C=O) groups excluding carboxylic acids is 1. The van der Waals surface area contributed by atoms with Crippen LogP contribution in [0.3, 0.4) is 0 Å². The van der Waals surface area contributed by atoms with Gasteiger partial charge in [0.15, 0.2) is 11.6 Å². The maximum atomic E-state index is 12.8. The molecule has 0 aliphatic rings. The first-order valence-corrected chi connectivity index (χ1v) is 4.91. The molecule has 0 aliphatic carbocycles. The van der Waals surface area contributed by atoms with E-state index in [0.29, 0.717) is 0 Å². The molecule has 0 saturated carbocycles. The predicted octanol–water partition coefficient (Wildman–Crippen LogP) is 2.46. The van der Waals surface area contributed by atoms with Gasteiger partial charge in [-0.2, -0.15) is 0 Å². The summed E-state index contributed by atoms with van der Waals surface area (Å²) in [6, 6.07) is 3.18. The van der Waals surface area contributed by atoms with E-state index in [1.54, 1.807) is 0 Å². The second kappa shape index (κ2) is 5.98. The van der Waals surface area contributed by atoms with Crippen LogP contribution < -0.4 is 4.74 Å². The number of rotatable bonds is 5. The van der Waals surface area contributed by atoms with Crippen molar-refractivity contribution in [2.24, 2.45) is 0 Å². The first-order chi connectivity index (χ1) is 8.00. The summed E-state index contributed by atoms with van der Waals surface area (Å²) >= 11 is 0. The quantitative estimate of drug-likeness (QED) is 0.452. The summed E-state index contributed by atoms with van der Waals surface area (Å²) in [7, 11) is 0. The Kier molecular flexibility index (Phi) is 4.63. The van der Waals surface area contributed by atoms with Gasteiger partial charge >= 0.3 is 5.97 Å². The van der Waals surface area contributed by atoms with Gasteiger partial charge < -0.3 is 9.47 Å². The van der Waals surface area contributed by atoms with E-state index in [9.17, 15) is 13.6 Å². The molecule has 0 bridgehead atoms. The highest BCUT2D eigenvalue weighted by Gasteiger charge is 2.04. The molecule has 0 atom stereocenters. The number of halogens is 2. The third-order valence-corrected chi connectivity index (χ3v) is 1.82. The summed E-state index contributed by atoms with van der Waals surface area (Å²) in [6.07, 6.45) is 0. The molecular formula is C12H12F2O3. The minimum absolute atomic E-state index is 0.0185. The van der Waals surface area contributed by atoms with E-state index in [0.717, 1.165) is 12.1 Å². The summed E-state index contributed by atoms with van der Waals surface area (Å²) in [5, 5.41) is 0. The Morgan fingerprint density at radius 3 is 2.59 bits per heavy atom. The minimum Gasteiger partial charge on any atom is -0.490 e. The molecule has 1 aromatic rings. The van der Waals surface area contributed by atoms with Crippen LogP contribution in [0.15, 0.2) is 30.4 Å². The fourth-order valence-electron chi connectivity index (χ4n) is 0.984. The third kappa shape index (κ3) is 4.22. The second-order valence-corrected chi connectivity index (χ2v) is 3.34. The van der Waals surface area contributed by atoms with Crippen LogP contribution in [0.5, 0.6) is 5.75 Å². The SMILES string of the molecule is C=C(C)C(=O)OCCOc1ccc(F)c(F)c1. The summed E-state index contributed by atoms with van der Waals surface area (Å²) in [5.41, 5.74) is 0.290. The van der Waals surface area contributed by atoms with Gasteiger partial charge in [-0.3, -0.25) is 0 Å². The smallest absolute Gasteiger partial charge is 0.333 e. The van der Waals surface area contributed by atoms with Crippen molar-refractivity contribution in [1.29, 1.82) is 0 Å². The molecule has 3 nitrogen and oxygen atoms in total. The normalized spacial score (nSPS) is 9.82. The summed E-state index contributed by atoms with van der Waals surface area (Å²) < 4.78 is 35.1. The van der Waals surface area contributed by atoms with E-state index in [4.69, 9.17) is 9.47 Å². The van der Waals surface area contributed by atoms with E-state index in [-0.39, 0.29) is 24.5 Å². The fraction of sp³-hybridized carbons (Fsp3) is 0.250.